The maximum atomic E-state index is 12.0. The van der Waals surface area contributed by atoms with Crippen LogP contribution in [0.4, 0.5) is 0 Å². The van der Waals surface area contributed by atoms with Crippen LogP contribution >= 0.6 is 11.3 Å². The van der Waals surface area contributed by atoms with E-state index in [1.807, 2.05) is 44.4 Å². The standard InChI is InChI=1S/C17H20N2O2S/c1-11-4-5-14(8-13(11)3)17(21)19-10-16(20)18-9-15-12(2)6-7-22-15/h4-8H,9-10H2,1-3H3,(H,18,20)(H,19,21). The zero-order chi connectivity index (χ0) is 16.1. The number of rotatable bonds is 5. The Morgan fingerprint density at radius 2 is 1.77 bits per heavy atom. The monoisotopic (exact) mass is 316 g/mol. The van der Waals surface area contributed by atoms with Crippen molar-refractivity contribution in [3.8, 4) is 0 Å². The molecule has 1 aromatic carbocycles. The molecule has 0 aliphatic carbocycles. The lowest BCUT2D eigenvalue weighted by molar-refractivity contribution is -0.120. The van der Waals surface area contributed by atoms with Gasteiger partial charge in [-0.25, -0.2) is 0 Å². The second kappa shape index (κ2) is 7.22. The van der Waals surface area contributed by atoms with Crippen LogP contribution in [0.1, 0.15) is 31.9 Å². The summed E-state index contributed by atoms with van der Waals surface area (Å²) in [5.41, 5.74) is 3.94. The van der Waals surface area contributed by atoms with Gasteiger partial charge in [0, 0.05) is 10.4 Å². The molecule has 2 amide bonds. The number of carbonyl (C=O) groups excluding carboxylic acids is 2. The number of thiophene rings is 1. The fourth-order valence-corrected chi connectivity index (χ4v) is 2.82. The first-order valence-electron chi connectivity index (χ1n) is 7.12. The van der Waals surface area contributed by atoms with Crippen molar-refractivity contribution in [2.45, 2.75) is 27.3 Å². The number of hydrogen-bond acceptors (Lipinski definition) is 3. The van der Waals surface area contributed by atoms with Crippen molar-refractivity contribution in [3.05, 3.63) is 56.8 Å². The highest BCUT2D eigenvalue weighted by Crippen LogP contribution is 2.14. The van der Waals surface area contributed by atoms with Crippen LogP contribution in [-0.4, -0.2) is 18.4 Å². The van der Waals surface area contributed by atoms with Crippen LogP contribution < -0.4 is 10.6 Å². The fraction of sp³-hybridized carbons (Fsp3) is 0.294. The van der Waals surface area contributed by atoms with Gasteiger partial charge in [-0.2, -0.15) is 0 Å². The normalized spacial score (nSPS) is 10.3. The van der Waals surface area contributed by atoms with Gasteiger partial charge in [-0.1, -0.05) is 6.07 Å². The summed E-state index contributed by atoms with van der Waals surface area (Å²) in [7, 11) is 0. The predicted octanol–water partition coefficient (Wildman–Crippen LogP) is 2.72. The lowest BCUT2D eigenvalue weighted by Crippen LogP contribution is -2.36. The topological polar surface area (TPSA) is 58.2 Å². The molecule has 0 radical (unpaired) electrons. The van der Waals surface area contributed by atoms with Gasteiger partial charge in [-0.05, 0) is 61.0 Å². The first kappa shape index (κ1) is 16.2. The maximum Gasteiger partial charge on any atom is 0.251 e. The molecule has 0 saturated heterocycles. The largest absolute Gasteiger partial charge is 0.350 e. The van der Waals surface area contributed by atoms with E-state index in [1.54, 1.807) is 17.4 Å². The summed E-state index contributed by atoms with van der Waals surface area (Å²) < 4.78 is 0. The Hall–Kier alpha value is -2.14. The molecule has 2 N–H and O–H groups in total. The van der Waals surface area contributed by atoms with Gasteiger partial charge in [-0.3, -0.25) is 9.59 Å². The third-order valence-electron chi connectivity index (χ3n) is 3.59. The lowest BCUT2D eigenvalue weighted by Gasteiger charge is -2.08. The molecule has 0 spiro atoms. The van der Waals surface area contributed by atoms with Crippen LogP contribution in [0, 0.1) is 20.8 Å². The molecule has 5 heteroatoms. The third-order valence-corrected chi connectivity index (χ3v) is 4.62. The van der Waals surface area contributed by atoms with E-state index >= 15 is 0 Å². The van der Waals surface area contributed by atoms with Crippen molar-refractivity contribution < 1.29 is 9.59 Å². The highest BCUT2D eigenvalue weighted by atomic mass is 32.1. The van der Waals surface area contributed by atoms with Gasteiger partial charge >= 0.3 is 0 Å². The van der Waals surface area contributed by atoms with Crippen LogP contribution in [0.2, 0.25) is 0 Å². The summed E-state index contributed by atoms with van der Waals surface area (Å²) in [6, 6.07) is 7.53. The summed E-state index contributed by atoms with van der Waals surface area (Å²) in [5, 5.41) is 7.45. The highest BCUT2D eigenvalue weighted by Gasteiger charge is 2.09. The molecular weight excluding hydrogens is 296 g/mol. The van der Waals surface area contributed by atoms with Crippen molar-refractivity contribution in [2.24, 2.45) is 0 Å². The molecule has 2 aromatic rings. The maximum absolute atomic E-state index is 12.0. The number of aryl methyl sites for hydroxylation is 3. The molecule has 0 fully saturated rings. The summed E-state index contributed by atoms with van der Waals surface area (Å²) in [6.45, 7) is 6.46. The van der Waals surface area contributed by atoms with E-state index in [0.717, 1.165) is 16.0 Å². The average molecular weight is 316 g/mol. The Morgan fingerprint density at radius 3 is 2.41 bits per heavy atom. The molecule has 0 atom stereocenters. The van der Waals surface area contributed by atoms with E-state index in [-0.39, 0.29) is 18.4 Å². The molecule has 0 saturated carbocycles. The number of carbonyl (C=O) groups is 2. The first-order valence-corrected chi connectivity index (χ1v) is 8.00. The van der Waals surface area contributed by atoms with Gasteiger partial charge in [0.25, 0.3) is 5.91 Å². The first-order chi connectivity index (χ1) is 10.5. The van der Waals surface area contributed by atoms with Crippen molar-refractivity contribution >= 4 is 23.2 Å². The number of amides is 2. The van der Waals surface area contributed by atoms with Crippen LogP contribution in [-0.2, 0) is 11.3 Å². The molecule has 0 unspecified atom stereocenters. The van der Waals surface area contributed by atoms with E-state index in [0.29, 0.717) is 12.1 Å². The summed E-state index contributed by atoms with van der Waals surface area (Å²) in [4.78, 5) is 24.9. The fourth-order valence-electron chi connectivity index (χ4n) is 1.97. The second-order valence-electron chi connectivity index (χ2n) is 5.29. The van der Waals surface area contributed by atoms with Crippen molar-refractivity contribution in [1.29, 1.82) is 0 Å². The number of hydrogen-bond donors (Lipinski definition) is 2. The smallest absolute Gasteiger partial charge is 0.251 e. The Labute approximate surface area is 134 Å². The highest BCUT2D eigenvalue weighted by molar-refractivity contribution is 7.10. The molecule has 0 bridgehead atoms. The Bertz CT molecular complexity index is 692. The van der Waals surface area contributed by atoms with Crippen molar-refractivity contribution in [3.63, 3.8) is 0 Å². The van der Waals surface area contributed by atoms with Crippen molar-refractivity contribution in [2.75, 3.05) is 6.54 Å². The van der Waals surface area contributed by atoms with Gasteiger partial charge in [0.05, 0.1) is 13.1 Å². The van der Waals surface area contributed by atoms with Gasteiger partial charge in [0.2, 0.25) is 5.91 Å². The lowest BCUT2D eigenvalue weighted by atomic mass is 10.1. The second-order valence-corrected chi connectivity index (χ2v) is 6.29. The zero-order valence-corrected chi connectivity index (χ0v) is 13.8. The summed E-state index contributed by atoms with van der Waals surface area (Å²) in [6.07, 6.45) is 0. The number of nitrogens with one attached hydrogen (secondary N) is 2. The van der Waals surface area contributed by atoms with Crippen LogP contribution in [0.15, 0.2) is 29.6 Å². The van der Waals surface area contributed by atoms with Crippen LogP contribution in [0.25, 0.3) is 0 Å². The molecule has 2 rings (SSSR count). The molecule has 0 aliphatic heterocycles. The minimum Gasteiger partial charge on any atom is -0.350 e. The average Bonchev–Trinajstić information content (AvgIpc) is 2.90. The Balaban J connectivity index is 1.81. The molecule has 4 nitrogen and oxygen atoms in total. The summed E-state index contributed by atoms with van der Waals surface area (Å²) >= 11 is 1.61. The van der Waals surface area contributed by atoms with E-state index in [2.05, 4.69) is 10.6 Å². The van der Waals surface area contributed by atoms with Crippen molar-refractivity contribution in [1.82, 2.24) is 10.6 Å². The molecule has 1 heterocycles. The molecule has 1 aromatic heterocycles. The summed E-state index contributed by atoms with van der Waals surface area (Å²) in [5.74, 6) is -0.421. The third kappa shape index (κ3) is 4.18. The van der Waals surface area contributed by atoms with E-state index in [4.69, 9.17) is 0 Å². The van der Waals surface area contributed by atoms with E-state index in [1.165, 1.54) is 5.56 Å². The van der Waals surface area contributed by atoms with E-state index < -0.39 is 0 Å². The van der Waals surface area contributed by atoms with Crippen LogP contribution in [0.5, 0.6) is 0 Å². The van der Waals surface area contributed by atoms with Crippen LogP contribution in [0.3, 0.4) is 0 Å². The van der Waals surface area contributed by atoms with Gasteiger partial charge in [0.15, 0.2) is 0 Å². The minimum absolute atomic E-state index is 0.0177. The SMILES string of the molecule is Cc1ccc(C(=O)NCC(=O)NCc2sccc2C)cc1C. The van der Waals surface area contributed by atoms with Gasteiger partial charge in [0.1, 0.15) is 0 Å². The number of benzene rings is 1. The van der Waals surface area contributed by atoms with Gasteiger partial charge in [-0.15, -0.1) is 11.3 Å². The zero-order valence-electron chi connectivity index (χ0n) is 13.0. The van der Waals surface area contributed by atoms with Gasteiger partial charge < -0.3 is 10.6 Å². The predicted molar refractivity (Wildman–Crippen MR) is 89.2 cm³/mol. The Morgan fingerprint density at radius 1 is 1.00 bits per heavy atom. The molecule has 22 heavy (non-hydrogen) atoms. The minimum atomic E-state index is -0.231. The molecular formula is C17H20N2O2S. The quantitative estimate of drug-likeness (QED) is 0.891. The Kier molecular flexibility index (Phi) is 5.33. The molecule has 0 aliphatic rings. The molecule has 116 valence electrons. The van der Waals surface area contributed by atoms with E-state index in [9.17, 15) is 9.59 Å².